The summed E-state index contributed by atoms with van der Waals surface area (Å²) in [5, 5.41) is 3.97. The third-order valence-electron chi connectivity index (χ3n) is 6.35. The average molecular weight is 533 g/mol. The van der Waals surface area contributed by atoms with E-state index in [-0.39, 0.29) is 11.8 Å². The first kappa shape index (κ1) is 24.8. The minimum absolute atomic E-state index is 0.0779. The highest BCUT2D eigenvalue weighted by Crippen LogP contribution is 2.31. The van der Waals surface area contributed by atoms with E-state index in [2.05, 4.69) is 20.0 Å². The van der Waals surface area contributed by atoms with Crippen molar-refractivity contribution in [3.8, 4) is 22.8 Å². The molecule has 0 bridgehead atoms. The Kier molecular flexibility index (Phi) is 6.57. The van der Waals surface area contributed by atoms with Gasteiger partial charge in [0, 0.05) is 31.3 Å². The van der Waals surface area contributed by atoms with Crippen molar-refractivity contribution >= 4 is 22.7 Å². The molecule has 0 radical (unpaired) electrons. The number of ether oxygens (including phenoxy) is 2. The van der Waals surface area contributed by atoms with Gasteiger partial charge in [-0.1, -0.05) is 12.1 Å². The van der Waals surface area contributed by atoms with Crippen LogP contribution >= 0.6 is 0 Å². The second kappa shape index (κ2) is 10.3. The molecule has 11 heteroatoms. The summed E-state index contributed by atoms with van der Waals surface area (Å²) >= 11 is 0. The molecular formula is C28H23F3N6O2. The summed E-state index contributed by atoms with van der Waals surface area (Å²) in [6, 6.07) is 19.0. The third kappa shape index (κ3) is 5.53. The van der Waals surface area contributed by atoms with Crippen molar-refractivity contribution in [2.45, 2.75) is 25.2 Å². The van der Waals surface area contributed by atoms with Crippen LogP contribution in [0, 0.1) is 0 Å². The van der Waals surface area contributed by atoms with Gasteiger partial charge < -0.3 is 19.4 Å². The van der Waals surface area contributed by atoms with Gasteiger partial charge >= 0.3 is 6.36 Å². The molecule has 2 aliphatic heterocycles. The summed E-state index contributed by atoms with van der Waals surface area (Å²) in [6.07, 6.45) is 0.137. The molecule has 0 atom stereocenters. The summed E-state index contributed by atoms with van der Waals surface area (Å²) in [7, 11) is 0. The molecule has 1 saturated heterocycles. The Hall–Kier alpha value is -4.51. The number of hydrogen-bond acceptors (Lipinski definition) is 7. The van der Waals surface area contributed by atoms with E-state index in [0.29, 0.717) is 41.6 Å². The molecule has 3 heterocycles. The minimum atomic E-state index is -4.77. The predicted molar refractivity (Wildman–Crippen MR) is 139 cm³/mol. The number of anilines is 2. The highest BCUT2D eigenvalue weighted by atomic mass is 19.4. The maximum atomic E-state index is 12.7. The third-order valence-corrected chi connectivity index (χ3v) is 6.35. The standard InChI is InChI=1S/C28H23F3N6O2/c29-28(30,31)39-20-8-6-19(7-9-20)37-25-5-2-1-4-21(25)35-24-16-22(36-27-32-12-3-13-33-27)23(17-26(24)37)34-18-10-14-38-15-11-18/h1-9,12-13,16-18H,10-11,14-15H2,(H,32,33,36). The summed E-state index contributed by atoms with van der Waals surface area (Å²) < 4.78 is 49.8. The van der Waals surface area contributed by atoms with Crippen LogP contribution in [0.2, 0.25) is 0 Å². The fraction of sp³-hybridized carbons (Fsp3) is 0.214. The summed E-state index contributed by atoms with van der Waals surface area (Å²) in [4.78, 5) is 18.5. The van der Waals surface area contributed by atoms with Gasteiger partial charge in [0.1, 0.15) is 5.75 Å². The Bertz CT molecular complexity index is 1630. The van der Waals surface area contributed by atoms with E-state index in [4.69, 9.17) is 14.7 Å². The Morgan fingerprint density at radius 1 is 0.949 bits per heavy atom. The quantitative estimate of drug-likeness (QED) is 0.295. The Labute approximate surface area is 221 Å². The van der Waals surface area contributed by atoms with Gasteiger partial charge in [0.15, 0.2) is 0 Å². The maximum absolute atomic E-state index is 12.7. The van der Waals surface area contributed by atoms with E-state index >= 15 is 0 Å². The Morgan fingerprint density at radius 3 is 2.44 bits per heavy atom. The summed E-state index contributed by atoms with van der Waals surface area (Å²) in [5.74, 6) is 0.133. The number of benzene rings is 3. The number of nitrogens with one attached hydrogen (secondary N) is 1. The first-order valence-electron chi connectivity index (χ1n) is 12.4. The molecule has 8 nitrogen and oxygen atoms in total. The zero-order chi connectivity index (χ0) is 26.8. The van der Waals surface area contributed by atoms with Crippen LogP contribution in [0.15, 0.2) is 84.1 Å². The van der Waals surface area contributed by atoms with Gasteiger partial charge in [-0.3, -0.25) is 4.99 Å². The molecule has 6 rings (SSSR count). The maximum Gasteiger partial charge on any atom is 0.573 e. The number of nitrogens with zero attached hydrogens (tertiary/aromatic N) is 5. The lowest BCUT2D eigenvalue weighted by Crippen LogP contribution is -2.23. The van der Waals surface area contributed by atoms with E-state index in [0.717, 1.165) is 29.6 Å². The first-order chi connectivity index (χ1) is 18.9. The molecule has 0 amide bonds. The second-order valence-electron chi connectivity index (χ2n) is 9.01. The van der Waals surface area contributed by atoms with Crippen LogP contribution in [0.4, 0.5) is 24.8 Å². The van der Waals surface area contributed by atoms with Crippen molar-refractivity contribution in [1.29, 1.82) is 0 Å². The monoisotopic (exact) mass is 532 g/mol. The van der Waals surface area contributed by atoms with E-state index in [1.54, 1.807) is 30.6 Å². The number of rotatable bonds is 5. The van der Waals surface area contributed by atoms with Crippen LogP contribution in [0.3, 0.4) is 0 Å². The molecule has 1 aromatic heterocycles. The average Bonchev–Trinajstić information content (AvgIpc) is 2.93. The molecule has 198 valence electrons. The number of fused-ring (bicyclic) bond motifs is 2. The number of halogens is 3. The van der Waals surface area contributed by atoms with Gasteiger partial charge in [-0.05, 0) is 67.4 Å². The van der Waals surface area contributed by atoms with E-state index in [1.165, 1.54) is 12.1 Å². The van der Waals surface area contributed by atoms with Crippen LogP contribution in [-0.2, 0) is 4.74 Å². The lowest BCUT2D eigenvalue weighted by atomic mass is 10.1. The second-order valence-corrected chi connectivity index (χ2v) is 9.01. The number of aromatic nitrogens is 4. The smallest absolute Gasteiger partial charge is 0.406 e. The highest BCUT2D eigenvalue weighted by molar-refractivity contribution is 5.84. The van der Waals surface area contributed by atoms with Crippen molar-refractivity contribution in [1.82, 2.24) is 19.5 Å². The highest BCUT2D eigenvalue weighted by Gasteiger charge is 2.31. The zero-order valence-electron chi connectivity index (χ0n) is 20.6. The molecule has 1 N–H and O–H groups in total. The topological polar surface area (TPSA) is 86.5 Å². The van der Waals surface area contributed by atoms with Crippen molar-refractivity contribution in [2.24, 2.45) is 4.99 Å². The molecule has 0 saturated carbocycles. The molecule has 3 aromatic rings. The SMILES string of the molecule is FC(F)(F)Oc1ccc(-n2c3cc(=NC4CCOCC4)c(Nc4ncccn4)cc-3nc3ccccc32)cc1. The minimum Gasteiger partial charge on any atom is -0.406 e. The lowest BCUT2D eigenvalue weighted by molar-refractivity contribution is -0.274. The van der Waals surface area contributed by atoms with Crippen molar-refractivity contribution in [3.05, 3.63) is 84.5 Å². The Morgan fingerprint density at radius 2 is 1.69 bits per heavy atom. The normalized spacial score (nSPS) is 15.1. The van der Waals surface area contributed by atoms with Crippen LogP contribution < -0.4 is 15.4 Å². The molecular weight excluding hydrogens is 509 g/mol. The number of alkyl halides is 3. The van der Waals surface area contributed by atoms with Crippen LogP contribution in [-0.4, -0.2) is 45.1 Å². The molecule has 3 aliphatic rings. The summed E-state index contributed by atoms with van der Waals surface area (Å²) in [5.41, 5.74) is 4.26. The van der Waals surface area contributed by atoms with E-state index in [9.17, 15) is 13.2 Å². The first-order valence-corrected chi connectivity index (χ1v) is 12.4. The van der Waals surface area contributed by atoms with Crippen molar-refractivity contribution < 1.29 is 22.6 Å². The van der Waals surface area contributed by atoms with Crippen molar-refractivity contribution in [2.75, 3.05) is 18.5 Å². The molecule has 1 aliphatic carbocycles. The molecule has 0 spiro atoms. The number of hydrogen-bond donors (Lipinski definition) is 1. The van der Waals surface area contributed by atoms with Gasteiger partial charge in [0.2, 0.25) is 5.95 Å². The molecule has 0 unspecified atom stereocenters. The zero-order valence-corrected chi connectivity index (χ0v) is 20.6. The van der Waals surface area contributed by atoms with Gasteiger partial charge in [0.05, 0.1) is 39.5 Å². The van der Waals surface area contributed by atoms with Crippen molar-refractivity contribution in [3.63, 3.8) is 0 Å². The number of para-hydroxylation sites is 2. The molecule has 39 heavy (non-hydrogen) atoms. The summed E-state index contributed by atoms with van der Waals surface area (Å²) in [6.45, 7) is 1.29. The van der Waals surface area contributed by atoms with Gasteiger partial charge in [-0.15, -0.1) is 13.2 Å². The Balaban J connectivity index is 1.56. The van der Waals surface area contributed by atoms with E-state index < -0.39 is 6.36 Å². The van der Waals surface area contributed by atoms with Gasteiger partial charge in [-0.2, -0.15) is 0 Å². The van der Waals surface area contributed by atoms with Gasteiger partial charge in [-0.25, -0.2) is 15.0 Å². The van der Waals surface area contributed by atoms with Crippen LogP contribution in [0.1, 0.15) is 12.8 Å². The molecule has 2 aromatic carbocycles. The van der Waals surface area contributed by atoms with Crippen LogP contribution in [0.5, 0.6) is 5.75 Å². The van der Waals surface area contributed by atoms with Gasteiger partial charge in [0.25, 0.3) is 0 Å². The van der Waals surface area contributed by atoms with Crippen LogP contribution in [0.25, 0.3) is 28.1 Å². The van der Waals surface area contributed by atoms with E-state index in [1.807, 2.05) is 41.0 Å². The lowest BCUT2D eigenvalue weighted by Gasteiger charge is -2.22. The predicted octanol–water partition coefficient (Wildman–Crippen LogP) is 5.64. The molecule has 1 fully saturated rings. The fourth-order valence-electron chi connectivity index (χ4n) is 4.62. The largest absolute Gasteiger partial charge is 0.573 e. The fourth-order valence-corrected chi connectivity index (χ4v) is 4.62.